The van der Waals surface area contributed by atoms with Crippen LogP contribution in [0.3, 0.4) is 0 Å². The summed E-state index contributed by atoms with van der Waals surface area (Å²) >= 11 is 0. The van der Waals surface area contributed by atoms with Crippen molar-refractivity contribution in [3.8, 4) is 17.2 Å². The highest BCUT2D eigenvalue weighted by molar-refractivity contribution is 6.62. The van der Waals surface area contributed by atoms with Gasteiger partial charge in [-0.05, 0) is 56.4 Å². The molecule has 2 aromatic rings. The number of halogens is 1. The van der Waals surface area contributed by atoms with Gasteiger partial charge < -0.3 is 9.31 Å². The Morgan fingerprint density at radius 2 is 1.67 bits per heavy atom. The molecule has 122 valence electrons. The van der Waals surface area contributed by atoms with Crippen molar-refractivity contribution in [2.75, 3.05) is 0 Å². The van der Waals surface area contributed by atoms with Crippen LogP contribution in [0.1, 0.15) is 33.3 Å². The molecule has 3 nitrogen and oxygen atoms in total. The third-order valence-electron chi connectivity index (χ3n) is 4.83. The summed E-state index contributed by atoms with van der Waals surface area (Å²) in [6.07, 6.45) is 0. The highest BCUT2D eigenvalue weighted by Gasteiger charge is 2.51. The van der Waals surface area contributed by atoms with Crippen LogP contribution in [0, 0.1) is 17.1 Å². The molecule has 5 heteroatoms. The maximum absolute atomic E-state index is 13.4. The summed E-state index contributed by atoms with van der Waals surface area (Å²) in [5.74, 6) is -0.419. The molecule has 3 rings (SSSR count). The van der Waals surface area contributed by atoms with E-state index in [0.717, 1.165) is 11.0 Å². The average molecular weight is 323 g/mol. The van der Waals surface area contributed by atoms with Gasteiger partial charge in [-0.25, -0.2) is 4.39 Å². The molecule has 1 aliphatic heterocycles. The van der Waals surface area contributed by atoms with Gasteiger partial charge in [0.15, 0.2) is 0 Å². The van der Waals surface area contributed by atoms with Crippen molar-refractivity contribution in [3.05, 3.63) is 53.8 Å². The van der Waals surface area contributed by atoms with Gasteiger partial charge in [-0.2, -0.15) is 5.26 Å². The van der Waals surface area contributed by atoms with Crippen molar-refractivity contribution in [2.24, 2.45) is 0 Å². The van der Waals surface area contributed by atoms with E-state index in [4.69, 9.17) is 9.31 Å². The molecule has 1 saturated heterocycles. The van der Waals surface area contributed by atoms with Crippen LogP contribution >= 0.6 is 0 Å². The van der Waals surface area contributed by atoms with E-state index in [1.807, 2.05) is 58.0 Å². The summed E-state index contributed by atoms with van der Waals surface area (Å²) in [6.45, 7) is 8.02. The third-order valence-corrected chi connectivity index (χ3v) is 4.83. The zero-order valence-corrected chi connectivity index (χ0v) is 14.3. The molecule has 1 heterocycles. The smallest absolute Gasteiger partial charge is 0.399 e. The van der Waals surface area contributed by atoms with E-state index in [-0.39, 0.29) is 0 Å². The zero-order valence-electron chi connectivity index (χ0n) is 14.3. The normalized spacial score (nSPS) is 18.4. The van der Waals surface area contributed by atoms with Crippen LogP contribution in [0.2, 0.25) is 0 Å². The van der Waals surface area contributed by atoms with Gasteiger partial charge in [-0.3, -0.25) is 0 Å². The van der Waals surface area contributed by atoms with Gasteiger partial charge in [0.25, 0.3) is 0 Å². The van der Waals surface area contributed by atoms with E-state index in [9.17, 15) is 9.65 Å². The summed E-state index contributed by atoms with van der Waals surface area (Å²) in [4.78, 5) is 0. The van der Waals surface area contributed by atoms with Gasteiger partial charge in [0.2, 0.25) is 0 Å². The van der Waals surface area contributed by atoms with Gasteiger partial charge in [-0.1, -0.05) is 30.3 Å². The zero-order chi connectivity index (χ0) is 17.5. The van der Waals surface area contributed by atoms with Crippen LogP contribution in [-0.4, -0.2) is 18.3 Å². The van der Waals surface area contributed by atoms with E-state index >= 15 is 0 Å². The minimum Gasteiger partial charge on any atom is -0.399 e. The molecule has 0 aliphatic carbocycles. The Morgan fingerprint density at radius 1 is 1.00 bits per heavy atom. The Morgan fingerprint density at radius 3 is 2.29 bits per heavy atom. The van der Waals surface area contributed by atoms with Crippen LogP contribution in [0.4, 0.5) is 4.39 Å². The van der Waals surface area contributed by atoms with Gasteiger partial charge >= 0.3 is 7.12 Å². The second-order valence-electron chi connectivity index (χ2n) is 7.02. The minimum atomic E-state index is -0.471. The monoisotopic (exact) mass is 323 g/mol. The van der Waals surface area contributed by atoms with E-state index in [1.54, 1.807) is 6.07 Å². The molecule has 0 radical (unpaired) electrons. The fraction of sp³-hybridized carbons (Fsp3) is 0.316. The number of hydrogen-bond donors (Lipinski definition) is 0. The second kappa shape index (κ2) is 5.73. The average Bonchev–Trinajstić information content (AvgIpc) is 2.75. The van der Waals surface area contributed by atoms with Crippen molar-refractivity contribution >= 4 is 12.6 Å². The lowest BCUT2D eigenvalue weighted by Crippen LogP contribution is -2.41. The van der Waals surface area contributed by atoms with Gasteiger partial charge in [-0.15, -0.1) is 0 Å². The molecule has 24 heavy (non-hydrogen) atoms. The summed E-state index contributed by atoms with van der Waals surface area (Å²) < 4.78 is 25.5. The van der Waals surface area contributed by atoms with Crippen LogP contribution in [0.25, 0.3) is 11.1 Å². The molecule has 0 amide bonds. The molecule has 0 bridgehead atoms. The summed E-state index contributed by atoms with van der Waals surface area (Å²) in [5.41, 5.74) is 1.87. The Kier molecular flexibility index (Phi) is 3.99. The van der Waals surface area contributed by atoms with Crippen molar-refractivity contribution in [1.82, 2.24) is 0 Å². The highest BCUT2D eigenvalue weighted by atomic mass is 19.1. The van der Waals surface area contributed by atoms with E-state index in [2.05, 4.69) is 0 Å². The molecule has 2 aromatic carbocycles. The quantitative estimate of drug-likeness (QED) is 0.792. The largest absolute Gasteiger partial charge is 0.494 e. The van der Waals surface area contributed by atoms with Crippen molar-refractivity contribution in [2.45, 2.75) is 38.9 Å². The van der Waals surface area contributed by atoms with E-state index in [0.29, 0.717) is 11.1 Å². The maximum Gasteiger partial charge on any atom is 0.494 e. The van der Waals surface area contributed by atoms with Crippen molar-refractivity contribution in [1.29, 1.82) is 5.26 Å². The molecular weight excluding hydrogens is 304 g/mol. The van der Waals surface area contributed by atoms with Crippen molar-refractivity contribution in [3.63, 3.8) is 0 Å². The van der Waals surface area contributed by atoms with Crippen LogP contribution < -0.4 is 5.46 Å². The third kappa shape index (κ3) is 2.84. The number of nitrogens with zero attached hydrogens (tertiary/aromatic N) is 1. The maximum atomic E-state index is 13.4. The second-order valence-corrected chi connectivity index (χ2v) is 7.02. The number of rotatable bonds is 2. The Hall–Kier alpha value is -2.16. The number of hydrogen-bond acceptors (Lipinski definition) is 3. The Labute approximate surface area is 142 Å². The van der Waals surface area contributed by atoms with Crippen LogP contribution in [0.5, 0.6) is 0 Å². The fourth-order valence-corrected chi connectivity index (χ4v) is 2.69. The molecular formula is C19H19BFNO2. The predicted molar refractivity (Wildman–Crippen MR) is 92.3 cm³/mol. The first-order valence-electron chi connectivity index (χ1n) is 7.89. The lowest BCUT2D eigenvalue weighted by atomic mass is 9.78. The first-order valence-corrected chi connectivity index (χ1v) is 7.89. The van der Waals surface area contributed by atoms with Crippen LogP contribution in [-0.2, 0) is 9.31 Å². The lowest BCUT2D eigenvalue weighted by Gasteiger charge is -2.32. The number of benzene rings is 2. The highest BCUT2D eigenvalue weighted by Crippen LogP contribution is 2.36. The van der Waals surface area contributed by atoms with E-state index < -0.39 is 24.1 Å². The molecule has 0 saturated carbocycles. The Bertz CT molecular complexity index is 810. The first-order chi connectivity index (χ1) is 11.2. The molecule has 1 fully saturated rings. The molecule has 0 unspecified atom stereocenters. The summed E-state index contributed by atoms with van der Waals surface area (Å²) in [7, 11) is -0.471. The first kappa shape index (κ1) is 16.7. The molecule has 0 N–H and O–H groups in total. The fourth-order valence-electron chi connectivity index (χ4n) is 2.69. The topological polar surface area (TPSA) is 42.2 Å². The molecule has 1 aliphatic rings. The van der Waals surface area contributed by atoms with Crippen molar-refractivity contribution < 1.29 is 13.7 Å². The molecule has 0 atom stereocenters. The van der Waals surface area contributed by atoms with Gasteiger partial charge in [0.05, 0.1) is 22.8 Å². The van der Waals surface area contributed by atoms with Crippen LogP contribution in [0.15, 0.2) is 42.5 Å². The minimum absolute atomic E-state index is 0.307. The summed E-state index contributed by atoms with van der Waals surface area (Å²) in [5, 5.41) is 9.26. The van der Waals surface area contributed by atoms with Gasteiger partial charge in [0.1, 0.15) is 5.82 Å². The SMILES string of the molecule is CC1(C)OB(c2cccc(-c3ccc(F)cc3C#N)c2)OC1(C)C. The summed E-state index contributed by atoms with van der Waals surface area (Å²) in [6, 6.07) is 13.9. The predicted octanol–water partition coefficient (Wildman–Crippen LogP) is 3.66. The van der Waals surface area contributed by atoms with E-state index in [1.165, 1.54) is 12.1 Å². The number of nitriles is 1. The lowest BCUT2D eigenvalue weighted by molar-refractivity contribution is 0.00578. The standard InChI is InChI=1S/C19H19BFNO2/c1-18(2)19(3,4)24-20(23-18)15-7-5-6-13(10-15)17-9-8-16(21)11-14(17)12-22/h5-11H,1-4H3. The Balaban J connectivity index is 1.99. The molecule has 0 aromatic heterocycles. The van der Waals surface area contributed by atoms with Gasteiger partial charge in [0, 0.05) is 0 Å². The molecule has 0 spiro atoms.